The third kappa shape index (κ3) is 4.39. The fourth-order valence-electron chi connectivity index (χ4n) is 10.2. The maximum Gasteiger partial charge on any atom is 0.0465 e. The number of thiophene rings is 1. The molecule has 51 heavy (non-hydrogen) atoms. The second-order valence-electron chi connectivity index (χ2n) is 14.9. The van der Waals surface area contributed by atoms with Crippen LogP contribution in [-0.4, -0.2) is 0 Å². The first-order chi connectivity index (χ1) is 25.2. The lowest BCUT2D eigenvalue weighted by Crippen LogP contribution is -2.32. The Kier molecular flexibility index (Phi) is 6.48. The van der Waals surface area contributed by atoms with Crippen LogP contribution in [0.4, 0.5) is 17.1 Å². The van der Waals surface area contributed by atoms with Crippen molar-refractivity contribution in [3.63, 3.8) is 0 Å². The van der Waals surface area contributed by atoms with Crippen LogP contribution in [0.25, 0.3) is 53.6 Å². The van der Waals surface area contributed by atoms with E-state index >= 15 is 0 Å². The summed E-state index contributed by atoms with van der Waals surface area (Å²) in [6, 6.07) is 61.3. The molecule has 0 amide bonds. The van der Waals surface area contributed by atoms with Crippen LogP contribution >= 0.6 is 11.3 Å². The van der Waals surface area contributed by atoms with Crippen LogP contribution in [-0.2, 0) is 5.41 Å². The molecule has 1 aromatic heterocycles. The van der Waals surface area contributed by atoms with Gasteiger partial charge in [0.25, 0.3) is 0 Å². The Labute approximate surface area is 303 Å². The van der Waals surface area contributed by atoms with Gasteiger partial charge in [0.05, 0.1) is 0 Å². The van der Waals surface area contributed by atoms with Crippen molar-refractivity contribution >= 4 is 48.6 Å². The molecule has 2 fully saturated rings. The predicted molar refractivity (Wildman–Crippen MR) is 217 cm³/mol. The summed E-state index contributed by atoms with van der Waals surface area (Å²) >= 11 is 1.90. The molecule has 11 rings (SSSR count). The van der Waals surface area contributed by atoms with Crippen LogP contribution < -0.4 is 4.90 Å². The van der Waals surface area contributed by atoms with Crippen molar-refractivity contribution in [3.8, 4) is 33.4 Å². The molecule has 3 unspecified atom stereocenters. The van der Waals surface area contributed by atoms with E-state index in [1.807, 2.05) is 11.3 Å². The Morgan fingerprint density at radius 1 is 0.490 bits per heavy atom. The summed E-state index contributed by atoms with van der Waals surface area (Å²) in [5.74, 6) is 1.58. The molecule has 2 saturated carbocycles. The van der Waals surface area contributed by atoms with Crippen molar-refractivity contribution < 1.29 is 0 Å². The maximum absolute atomic E-state index is 2.56. The zero-order chi connectivity index (χ0) is 33.5. The first-order valence-corrected chi connectivity index (χ1v) is 19.3. The van der Waals surface area contributed by atoms with Gasteiger partial charge in [0.1, 0.15) is 0 Å². The quantitative estimate of drug-likeness (QED) is 0.176. The van der Waals surface area contributed by atoms with Crippen molar-refractivity contribution in [3.05, 3.63) is 175 Å². The van der Waals surface area contributed by atoms with Gasteiger partial charge in [0.2, 0.25) is 0 Å². The van der Waals surface area contributed by atoms with E-state index in [4.69, 9.17) is 0 Å². The maximum atomic E-state index is 2.56. The number of rotatable bonds is 5. The molecule has 0 radical (unpaired) electrons. The van der Waals surface area contributed by atoms with Gasteiger partial charge in [-0.25, -0.2) is 0 Å². The Bertz CT molecular complexity index is 2600. The van der Waals surface area contributed by atoms with Crippen LogP contribution in [0.1, 0.15) is 36.8 Å². The molecule has 0 aliphatic heterocycles. The Balaban J connectivity index is 1.05. The molecule has 0 saturated heterocycles. The average molecular weight is 672 g/mol. The second kappa shape index (κ2) is 11.3. The third-order valence-electron chi connectivity index (χ3n) is 12.4. The molecule has 1 heterocycles. The standard InChI is InChI=1S/C49H37NS/c1-2-9-33(10-3-1)34-18-23-37(24-19-34)50(38-25-20-35(21-26-38)40-13-8-14-44-43-12-5-7-16-47(43)51-48(40)44)39-27-28-42-41-11-4-6-15-45(41)49(46(42)30-39)31-32-17-22-36(49)29-32/h1-16,18-21,23-28,30,32,36H,17,22,29,31H2. The number of nitrogens with zero attached hydrogens (tertiary/aromatic N) is 1. The van der Waals surface area contributed by atoms with E-state index in [0.29, 0.717) is 0 Å². The lowest BCUT2D eigenvalue weighted by molar-refractivity contribution is 0.327. The largest absolute Gasteiger partial charge is 0.310 e. The molecular weight excluding hydrogens is 635 g/mol. The first-order valence-electron chi connectivity index (χ1n) is 18.5. The summed E-state index contributed by atoms with van der Waals surface area (Å²) < 4.78 is 2.70. The molecule has 1 spiro atoms. The number of hydrogen-bond acceptors (Lipinski definition) is 2. The molecule has 244 valence electrons. The van der Waals surface area contributed by atoms with Gasteiger partial charge in [-0.3, -0.25) is 0 Å². The Morgan fingerprint density at radius 2 is 1.14 bits per heavy atom. The number of anilines is 3. The fourth-order valence-corrected chi connectivity index (χ4v) is 11.4. The Morgan fingerprint density at radius 3 is 1.92 bits per heavy atom. The molecular formula is C49H37NS. The monoisotopic (exact) mass is 671 g/mol. The van der Waals surface area contributed by atoms with Gasteiger partial charge in [-0.2, -0.15) is 0 Å². The number of fused-ring (bicyclic) bond motifs is 11. The van der Waals surface area contributed by atoms with E-state index in [1.165, 1.54) is 96.3 Å². The molecule has 3 atom stereocenters. The summed E-state index contributed by atoms with van der Waals surface area (Å²) in [7, 11) is 0. The highest BCUT2D eigenvalue weighted by Crippen LogP contribution is 2.66. The molecule has 3 aliphatic rings. The molecule has 3 aliphatic carbocycles. The van der Waals surface area contributed by atoms with Crippen molar-refractivity contribution in [1.29, 1.82) is 0 Å². The SMILES string of the molecule is c1ccc(-c2ccc(N(c3ccc(-c4cccc5c4sc4ccccc45)cc3)c3ccc4c(c3)C3(CC5CCC3C5)c3ccccc3-4)cc2)cc1. The van der Waals surface area contributed by atoms with Crippen molar-refractivity contribution in [2.45, 2.75) is 31.1 Å². The first kappa shape index (κ1) is 29.3. The Hall–Kier alpha value is -5.44. The van der Waals surface area contributed by atoms with E-state index in [1.54, 1.807) is 11.1 Å². The molecule has 0 N–H and O–H groups in total. The van der Waals surface area contributed by atoms with Crippen LogP contribution in [0.5, 0.6) is 0 Å². The average Bonchev–Trinajstić information content (AvgIpc) is 3.98. The van der Waals surface area contributed by atoms with E-state index in [2.05, 4.69) is 169 Å². The van der Waals surface area contributed by atoms with Gasteiger partial charge in [-0.15, -0.1) is 11.3 Å². The predicted octanol–water partition coefficient (Wildman–Crippen LogP) is 13.9. The second-order valence-corrected chi connectivity index (χ2v) is 16.0. The molecule has 7 aromatic carbocycles. The molecule has 2 heteroatoms. The van der Waals surface area contributed by atoms with Gasteiger partial charge in [-0.1, -0.05) is 128 Å². The van der Waals surface area contributed by atoms with Crippen molar-refractivity contribution in [2.75, 3.05) is 4.90 Å². The molecule has 1 nitrogen and oxygen atoms in total. The van der Waals surface area contributed by atoms with Crippen LogP contribution in [0.3, 0.4) is 0 Å². The minimum atomic E-state index is 0.139. The summed E-state index contributed by atoms with van der Waals surface area (Å²) in [6.07, 6.45) is 5.40. The summed E-state index contributed by atoms with van der Waals surface area (Å²) in [5.41, 5.74) is 14.7. The third-order valence-corrected chi connectivity index (χ3v) is 13.6. The lowest BCUT2D eigenvalue weighted by Gasteiger charge is -2.37. The normalized spacial score (nSPS) is 19.9. The lowest BCUT2D eigenvalue weighted by atomic mass is 9.67. The zero-order valence-electron chi connectivity index (χ0n) is 28.4. The smallest absolute Gasteiger partial charge is 0.0465 e. The minimum Gasteiger partial charge on any atom is -0.310 e. The van der Waals surface area contributed by atoms with Gasteiger partial charge < -0.3 is 4.90 Å². The highest BCUT2D eigenvalue weighted by molar-refractivity contribution is 7.26. The highest BCUT2D eigenvalue weighted by Gasteiger charge is 2.56. The number of hydrogen-bond donors (Lipinski definition) is 0. The topological polar surface area (TPSA) is 3.24 Å². The van der Waals surface area contributed by atoms with E-state index in [9.17, 15) is 0 Å². The zero-order valence-corrected chi connectivity index (χ0v) is 29.2. The van der Waals surface area contributed by atoms with Crippen LogP contribution in [0.15, 0.2) is 164 Å². The van der Waals surface area contributed by atoms with E-state index in [-0.39, 0.29) is 5.41 Å². The number of benzene rings is 7. The summed E-state index contributed by atoms with van der Waals surface area (Å²) in [6.45, 7) is 0. The van der Waals surface area contributed by atoms with Crippen LogP contribution in [0.2, 0.25) is 0 Å². The highest BCUT2D eigenvalue weighted by atomic mass is 32.1. The van der Waals surface area contributed by atoms with Crippen molar-refractivity contribution in [1.82, 2.24) is 0 Å². The molecule has 2 bridgehead atoms. The van der Waals surface area contributed by atoms with Crippen molar-refractivity contribution in [2.24, 2.45) is 11.8 Å². The minimum absolute atomic E-state index is 0.139. The van der Waals surface area contributed by atoms with Gasteiger partial charge in [0, 0.05) is 42.6 Å². The fraction of sp³-hybridized carbons (Fsp3) is 0.143. The summed E-state index contributed by atoms with van der Waals surface area (Å²) in [5, 5.41) is 2.68. The van der Waals surface area contributed by atoms with Gasteiger partial charge in [-0.05, 0) is 118 Å². The summed E-state index contributed by atoms with van der Waals surface area (Å²) in [4.78, 5) is 2.47. The van der Waals surface area contributed by atoms with Gasteiger partial charge >= 0.3 is 0 Å². The van der Waals surface area contributed by atoms with Gasteiger partial charge in [0.15, 0.2) is 0 Å². The van der Waals surface area contributed by atoms with Crippen LogP contribution in [0, 0.1) is 11.8 Å². The van der Waals surface area contributed by atoms with E-state index < -0.39 is 0 Å². The van der Waals surface area contributed by atoms with E-state index in [0.717, 1.165) is 11.8 Å². The molecule has 8 aromatic rings.